The molecule has 0 amide bonds. The predicted molar refractivity (Wildman–Crippen MR) is 46.5 cm³/mol. The van der Waals surface area contributed by atoms with Crippen LogP contribution in [0.3, 0.4) is 0 Å². The monoisotopic (exact) mass is 175 g/mol. The Balaban J connectivity index is 2.62. The summed E-state index contributed by atoms with van der Waals surface area (Å²) in [5, 5.41) is 0. The van der Waals surface area contributed by atoms with Crippen molar-refractivity contribution in [1.29, 1.82) is 0 Å². The molecular weight excluding hydrogens is 170 g/mol. The molecule has 0 aliphatic carbocycles. The van der Waals surface area contributed by atoms with E-state index in [1.165, 1.54) is 0 Å². The van der Waals surface area contributed by atoms with E-state index in [-0.39, 0.29) is 0 Å². The number of nitrogens with zero attached hydrogens (tertiary/aromatic N) is 1. The second kappa shape index (κ2) is 2.01. The Hall–Kier alpha value is -2.04. The van der Waals surface area contributed by atoms with E-state index in [2.05, 4.69) is 15.0 Å². The summed E-state index contributed by atoms with van der Waals surface area (Å²) in [4.78, 5) is 20.4. The lowest BCUT2D eigenvalue weighted by Gasteiger charge is -1.86. The highest BCUT2D eigenvalue weighted by Crippen LogP contribution is 2.16. The van der Waals surface area contributed by atoms with Gasteiger partial charge in [-0.3, -0.25) is 4.98 Å². The van der Waals surface area contributed by atoms with E-state index in [9.17, 15) is 4.79 Å². The molecule has 0 spiro atoms. The molecule has 1 aromatic carbocycles. The van der Waals surface area contributed by atoms with Gasteiger partial charge < -0.3 is 9.40 Å². The standard InChI is InChI=1S/C8H5N3O2/c12-8-11-6-1-4-5(10-3-9-4)2-7(6)13-8/h1-3H,(H,9,10)(H,11,12). The lowest BCUT2D eigenvalue weighted by atomic mass is 10.3. The van der Waals surface area contributed by atoms with Gasteiger partial charge in [0.05, 0.1) is 22.9 Å². The largest absolute Gasteiger partial charge is 0.417 e. The highest BCUT2D eigenvalue weighted by atomic mass is 16.4. The number of aromatic nitrogens is 3. The second-order valence-electron chi connectivity index (χ2n) is 2.78. The molecule has 3 aromatic rings. The third kappa shape index (κ3) is 0.807. The maximum atomic E-state index is 10.8. The SMILES string of the molecule is O=c1[nH]c2cc3[nH]cnc3cc2o1. The van der Waals surface area contributed by atoms with Gasteiger partial charge in [-0.1, -0.05) is 0 Å². The van der Waals surface area contributed by atoms with Crippen molar-refractivity contribution in [3.05, 3.63) is 29.0 Å². The molecule has 0 saturated heterocycles. The molecule has 0 aliphatic rings. The molecule has 2 heterocycles. The Labute approximate surface area is 71.4 Å². The Morgan fingerprint density at radius 1 is 1.31 bits per heavy atom. The number of oxazole rings is 1. The van der Waals surface area contributed by atoms with Crippen LogP contribution in [-0.2, 0) is 0 Å². The zero-order chi connectivity index (χ0) is 8.84. The van der Waals surface area contributed by atoms with Crippen LogP contribution in [0.25, 0.3) is 22.1 Å². The number of benzene rings is 1. The zero-order valence-corrected chi connectivity index (χ0v) is 6.50. The summed E-state index contributed by atoms with van der Waals surface area (Å²) < 4.78 is 4.88. The first kappa shape index (κ1) is 6.47. The van der Waals surface area contributed by atoms with E-state index in [1.54, 1.807) is 18.5 Å². The Bertz CT molecular complexity index is 580. The average molecular weight is 175 g/mol. The van der Waals surface area contributed by atoms with Crippen LogP contribution in [0.5, 0.6) is 0 Å². The average Bonchev–Trinajstić information content (AvgIpc) is 2.63. The molecule has 0 atom stereocenters. The van der Waals surface area contributed by atoms with Crippen LogP contribution in [0, 0.1) is 0 Å². The molecule has 0 bridgehead atoms. The molecule has 2 aromatic heterocycles. The molecule has 0 unspecified atom stereocenters. The smallest absolute Gasteiger partial charge is 0.408 e. The van der Waals surface area contributed by atoms with Crippen molar-refractivity contribution in [2.24, 2.45) is 0 Å². The van der Waals surface area contributed by atoms with Gasteiger partial charge in [-0.2, -0.15) is 0 Å². The third-order valence-corrected chi connectivity index (χ3v) is 1.96. The zero-order valence-electron chi connectivity index (χ0n) is 6.50. The number of imidazole rings is 1. The number of nitrogens with one attached hydrogen (secondary N) is 2. The summed E-state index contributed by atoms with van der Waals surface area (Å²) in [6.45, 7) is 0. The number of fused-ring (bicyclic) bond motifs is 2. The summed E-state index contributed by atoms with van der Waals surface area (Å²) in [5.41, 5.74) is 2.88. The first-order valence-corrected chi connectivity index (χ1v) is 3.79. The van der Waals surface area contributed by atoms with Crippen molar-refractivity contribution in [1.82, 2.24) is 15.0 Å². The van der Waals surface area contributed by atoms with Gasteiger partial charge in [0.25, 0.3) is 0 Å². The van der Waals surface area contributed by atoms with Crippen molar-refractivity contribution in [2.75, 3.05) is 0 Å². The van der Waals surface area contributed by atoms with Crippen molar-refractivity contribution in [3.63, 3.8) is 0 Å². The van der Waals surface area contributed by atoms with E-state index in [1.807, 2.05) is 0 Å². The van der Waals surface area contributed by atoms with Crippen LogP contribution in [-0.4, -0.2) is 15.0 Å². The first-order chi connectivity index (χ1) is 6.33. The van der Waals surface area contributed by atoms with E-state index in [0.717, 1.165) is 11.0 Å². The van der Waals surface area contributed by atoms with Gasteiger partial charge >= 0.3 is 5.76 Å². The molecule has 0 aliphatic heterocycles. The molecule has 0 saturated carbocycles. The molecular formula is C8H5N3O2. The third-order valence-electron chi connectivity index (χ3n) is 1.96. The van der Waals surface area contributed by atoms with Gasteiger partial charge in [0.15, 0.2) is 5.58 Å². The molecule has 0 fully saturated rings. The molecule has 3 rings (SSSR count). The maximum Gasteiger partial charge on any atom is 0.417 e. The van der Waals surface area contributed by atoms with Gasteiger partial charge in [0.1, 0.15) is 0 Å². The number of aromatic amines is 2. The van der Waals surface area contributed by atoms with Crippen molar-refractivity contribution in [3.8, 4) is 0 Å². The van der Waals surface area contributed by atoms with Crippen LogP contribution in [0.15, 0.2) is 27.7 Å². The summed E-state index contributed by atoms with van der Waals surface area (Å²) in [7, 11) is 0. The molecule has 64 valence electrons. The molecule has 0 radical (unpaired) electrons. The van der Waals surface area contributed by atoms with Gasteiger partial charge in [-0.25, -0.2) is 9.78 Å². The van der Waals surface area contributed by atoms with Crippen molar-refractivity contribution in [2.45, 2.75) is 0 Å². The lowest BCUT2D eigenvalue weighted by Crippen LogP contribution is -1.92. The fourth-order valence-corrected chi connectivity index (χ4v) is 1.38. The molecule has 5 heteroatoms. The highest BCUT2D eigenvalue weighted by Gasteiger charge is 2.03. The topological polar surface area (TPSA) is 74.7 Å². The van der Waals surface area contributed by atoms with Crippen molar-refractivity contribution < 1.29 is 4.42 Å². The first-order valence-electron chi connectivity index (χ1n) is 3.79. The van der Waals surface area contributed by atoms with Gasteiger partial charge in [-0.05, 0) is 6.07 Å². The summed E-state index contributed by atoms with van der Waals surface area (Å²) in [6.07, 6.45) is 1.60. The fourth-order valence-electron chi connectivity index (χ4n) is 1.38. The van der Waals surface area contributed by atoms with Crippen LogP contribution in [0.4, 0.5) is 0 Å². The van der Waals surface area contributed by atoms with E-state index < -0.39 is 5.76 Å². The van der Waals surface area contributed by atoms with Crippen LogP contribution in [0.2, 0.25) is 0 Å². The van der Waals surface area contributed by atoms with Crippen LogP contribution in [0.1, 0.15) is 0 Å². The summed E-state index contributed by atoms with van der Waals surface area (Å²) >= 11 is 0. The minimum Gasteiger partial charge on any atom is -0.408 e. The van der Waals surface area contributed by atoms with Crippen LogP contribution >= 0.6 is 0 Å². The molecule has 2 N–H and O–H groups in total. The lowest BCUT2D eigenvalue weighted by molar-refractivity contribution is 0.555. The quantitative estimate of drug-likeness (QED) is 0.535. The van der Waals surface area contributed by atoms with E-state index >= 15 is 0 Å². The van der Waals surface area contributed by atoms with Crippen LogP contribution < -0.4 is 5.76 Å². The predicted octanol–water partition coefficient (Wildman–Crippen LogP) is 0.997. The fraction of sp³-hybridized carbons (Fsp3) is 0. The summed E-state index contributed by atoms with van der Waals surface area (Å²) in [6, 6.07) is 3.52. The Morgan fingerprint density at radius 3 is 3.15 bits per heavy atom. The number of H-pyrrole nitrogens is 2. The van der Waals surface area contributed by atoms with Gasteiger partial charge in [0.2, 0.25) is 0 Å². The number of rotatable bonds is 0. The minimum atomic E-state index is -0.442. The Kier molecular flexibility index (Phi) is 0.999. The second-order valence-corrected chi connectivity index (χ2v) is 2.78. The minimum absolute atomic E-state index is 0.442. The van der Waals surface area contributed by atoms with Gasteiger partial charge in [-0.15, -0.1) is 0 Å². The highest BCUT2D eigenvalue weighted by molar-refractivity contribution is 5.89. The Morgan fingerprint density at radius 2 is 2.23 bits per heavy atom. The number of hydrogen-bond acceptors (Lipinski definition) is 3. The maximum absolute atomic E-state index is 10.8. The molecule has 5 nitrogen and oxygen atoms in total. The van der Waals surface area contributed by atoms with Crippen molar-refractivity contribution >= 4 is 22.1 Å². The summed E-state index contributed by atoms with van der Waals surface area (Å²) in [5.74, 6) is -0.442. The number of hydrogen-bond donors (Lipinski definition) is 2. The normalized spacial score (nSPS) is 11.4. The van der Waals surface area contributed by atoms with E-state index in [0.29, 0.717) is 11.1 Å². The van der Waals surface area contributed by atoms with E-state index in [4.69, 9.17) is 4.42 Å². The van der Waals surface area contributed by atoms with Gasteiger partial charge in [0, 0.05) is 6.07 Å². The molecule has 13 heavy (non-hydrogen) atoms.